The largest absolute Gasteiger partial charge is 0.490 e. The number of anilines is 1. The summed E-state index contributed by atoms with van der Waals surface area (Å²) in [5, 5.41) is 3.21. The summed E-state index contributed by atoms with van der Waals surface area (Å²) in [6.07, 6.45) is 2.71. The van der Waals surface area contributed by atoms with E-state index in [9.17, 15) is 9.59 Å². The highest BCUT2D eigenvalue weighted by Crippen LogP contribution is 2.27. The summed E-state index contributed by atoms with van der Waals surface area (Å²) in [5.74, 6) is 1.14. The third kappa shape index (κ3) is 2.29. The molecule has 0 fully saturated rings. The predicted molar refractivity (Wildman–Crippen MR) is 90.5 cm³/mol. The van der Waals surface area contributed by atoms with Crippen LogP contribution >= 0.6 is 0 Å². The molecule has 0 unspecified atom stereocenters. The van der Waals surface area contributed by atoms with Gasteiger partial charge >= 0.3 is 0 Å². The van der Waals surface area contributed by atoms with E-state index in [2.05, 4.69) is 15.3 Å². The number of aromatic nitrogens is 2. The number of nitrogens with one attached hydrogen (secondary N) is 1. The fraction of sp³-hybridized carbons (Fsp3) is 0.500. The first-order valence-corrected chi connectivity index (χ1v) is 8.26. The minimum Gasteiger partial charge on any atom is -0.490 e. The summed E-state index contributed by atoms with van der Waals surface area (Å²) in [5.41, 5.74) is 1.07. The number of aliphatic imine (C=N–C) groups is 2. The van der Waals surface area contributed by atoms with Gasteiger partial charge in [0.15, 0.2) is 17.3 Å². The van der Waals surface area contributed by atoms with E-state index in [0.717, 1.165) is 13.0 Å². The van der Waals surface area contributed by atoms with Gasteiger partial charge in [-0.3, -0.25) is 19.3 Å². The smallest absolute Gasteiger partial charge is 0.294 e. The van der Waals surface area contributed by atoms with Gasteiger partial charge in [-0.15, -0.1) is 0 Å². The van der Waals surface area contributed by atoms with Gasteiger partial charge in [0, 0.05) is 25.7 Å². The molecule has 8 nitrogen and oxygen atoms in total. The molecule has 0 atom stereocenters. The molecule has 0 bridgehead atoms. The van der Waals surface area contributed by atoms with Crippen LogP contribution in [0.3, 0.4) is 0 Å². The number of ether oxygens (including phenoxy) is 1. The van der Waals surface area contributed by atoms with Gasteiger partial charge in [-0.2, -0.15) is 0 Å². The molecule has 4 rings (SSSR count). The Bertz CT molecular complexity index is 856. The quantitative estimate of drug-likeness (QED) is 0.891. The van der Waals surface area contributed by atoms with Crippen LogP contribution in [-0.4, -0.2) is 46.3 Å². The lowest BCUT2D eigenvalue weighted by atomic mass is 10.00. The van der Waals surface area contributed by atoms with Crippen molar-refractivity contribution >= 4 is 28.7 Å². The Hall–Kier alpha value is -2.64. The molecule has 0 radical (unpaired) electrons. The standard InChI is InChI=1S/C16H19N5O3/c1-2-17-15-14(16(23)21-6-3-5-20(15)21)19-10-9-13-11(8-12(10)22)18-4-7-24-13/h9,17H,2-8H2,1H3. The number of allylic oxidation sites excluding steroid dienone is 2. The molecule has 2 aliphatic heterocycles. The zero-order chi connectivity index (χ0) is 16.7. The number of carbonyl (C=O) groups is 1. The average molecular weight is 329 g/mol. The lowest BCUT2D eigenvalue weighted by Crippen LogP contribution is -2.28. The summed E-state index contributed by atoms with van der Waals surface area (Å²) in [7, 11) is 0. The van der Waals surface area contributed by atoms with Crippen molar-refractivity contribution in [3.8, 4) is 0 Å². The summed E-state index contributed by atoms with van der Waals surface area (Å²) in [4.78, 5) is 33.7. The van der Waals surface area contributed by atoms with E-state index in [1.807, 2.05) is 11.6 Å². The summed E-state index contributed by atoms with van der Waals surface area (Å²) >= 11 is 0. The minimum atomic E-state index is -0.161. The monoisotopic (exact) mass is 329 g/mol. The van der Waals surface area contributed by atoms with E-state index in [1.54, 1.807) is 10.8 Å². The number of rotatable bonds is 3. The van der Waals surface area contributed by atoms with Crippen LogP contribution in [0.1, 0.15) is 19.8 Å². The summed E-state index contributed by atoms with van der Waals surface area (Å²) in [6, 6.07) is 0. The molecule has 0 spiro atoms. The van der Waals surface area contributed by atoms with E-state index in [1.165, 1.54) is 0 Å². The Morgan fingerprint density at radius 1 is 1.33 bits per heavy atom. The van der Waals surface area contributed by atoms with Gasteiger partial charge < -0.3 is 10.1 Å². The molecule has 24 heavy (non-hydrogen) atoms. The van der Waals surface area contributed by atoms with E-state index in [-0.39, 0.29) is 23.5 Å². The average Bonchev–Trinajstić information content (AvgIpc) is 3.14. The molecule has 0 saturated carbocycles. The van der Waals surface area contributed by atoms with E-state index in [0.29, 0.717) is 49.2 Å². The Morgan fingerprint density at radius 2 is 2.17 bits per heavy atom. The van der Waals surface area contributed by atoms with Crippen LogP contribution in [0.5, 0.6) is 0 Å². The van der Waals surface area contributed by atoms with Crippen LogP contribution in [0, 0.1) is 0 Å². The van der Waals surface area contributed by atoms with Crippen LogP contribution in [0.2, 0.25) is 0 Å². The molecule has 1 N–H and O–H groups in total. The van der Waals surface area contributed by atoms with Gasteiger partial charge in [0.05, 0.1) is 18.7 Å². The molecular weight excluding hydrogens is 310 g/mol. The maximum absolute atomic E-state index is 12.6. The third-order valence-electron chi connectivity index (χ3n) is 4.34. The molecule has 3 aliphatic rings. The van der Waals surface area contributed by atoms with Crippen molar-refractivity contribution in [3.05, 3.63) is 22.2 Å². The van der Waals surface area contributed by atoms with Crippen LogP contribution in [0.15, 0.2) is 26.6 Å². The molecule has 126 valence electrons. The Balaban J connectivity index is 1.81. The zero-order valence-electron chi connectivity index (χ0n) is 13.5. The fourth-order valence-corrected chi connectivity index (χ4v) is 3.27. The first-order chi connectivity index (χ1) is 11.7. The number of hydrogen-bond acceptors (Lipinski definition) is 6. The number of ketones is 1. The molecule has 0 aromatic carbocycles. The highest BCUT2D eigenvalue weighted by atomic mass is 16.5. The van der Waals surface area contributed by atoms with Gasteiger partial charge in [0.25, 0.3) is 5.56 Å². The lowest BCUT2D eigenvalue weighted by Gasteiger charge is -2.20. The fourth-order valence-electron chi connectivity index (χ4n) is 3.27. The first kappa shape index (κ1) is 14.9. The molecule has 3 heterocycles. The van der Waals surface area contributed by atoms with Crippen molar-refractivity contribution in [3.63, 3.8) is 0 Å². The first-order valence-electron chi connectivity index (χ1n) is 8.26. The number of fused-ring (bicyclic) bond motifs is 2. The summed E-state index contributed by atoms with van der Waals surface area (Å²) < 4.78 is 9.16. The van der Waals surface area contributed by atoms with Gasteiger partial charge in [0.1, 0.15) is 18.1 Å². The SMILES string of the molecule is CCNc1c(N=C2C=C3OCCN=C3CC2=O)c(=O)n2n1CCC2. The van der Waals surface area contributed by atoms with Gasteiger partial charge in [-0.25, -0.2) is 9.67 Å². The Morgan fingerprint density at radius 3 is 3.00 bits per heavy atom. The van der Waals surface area contributed by atoms with Crippen molar-refractivity contribution < 1.29 is 9.53 Å². The second-order valence-electron chi connectivity index (χ2n) is 5.91. The number of Topliss-reactive ketones (excluding diaryl/α,β-unsaturated/α-hetero) is 1. The molecule has 1 aromatic heterocycles. The van der Waals surface area contributed by atoms with Crippen LogP contribution in [0.25, 0.3) is 0 Å². The van der Waals surface area contributed by atoms with Gasteiger partial charge in [0.2, 0.25) is 0 Å². The molecule has 1 aromatic rings. The molecule has 1 aliphatic carbocycles. The second-order valence-corrected chi connectivity index (χ2v) is 5.91. The Labute approximate surface area is 138 Å². The topological polar surface area (TPSA) is 90.0 Å². The van der Waals surface area contributed by atoms with E-state index < -0.39 is 0 Å². The highest BCUT2D eigenvalue weighted by molar-refractivity contribution is 6.50. The number of carbonyl (C=O) groups excluding carboxylic acids is 1. The zero-order valence-corrected chi connectivity index (χ0v) is 13.5. The minimum absolute atomic E-state index is 0.138. The predicted octanol–water partition coefficient (Wildman–Crippen LogP) is 0.886. The van der Waals surface area contributed by atoms with Crippen LogP contribution in [0.4, 0.5) is 11.5 Å². The van der Waals surface area contributed by atoms with Crippen molar-refractivity contribution in [1.82, 2.24) is 9.36 Å². The normalized spacial score (nSPS) is 21.0. The van der Waals surface area contributed by atoms with Crippen LogP contribution < -0.4 is 10.9 Å². The van der Waals surface area contributed by atoms with Crippen molar-refractivity contribution in [2.24, 2.45) is 9.98 Å². The van der Waals surface area contributed by atoms with Gasteiger partial charge in [-0.1, -0.05) is 0 Å². The number of hydrogen-bond donors (Lipinski definition) is 1. The lowest BCUT2D eigenvalue weighted by molar-refractivity contribution is -0.112. The van der Waals surface area contributed by atoms with E-state index >= 15 is 0 Å². The number of nitrogens with zero attached hydrogens (tertiary/aromatic N) is 4. The van der Waals surface area contributed by atoms with Crippen molar-refractivity contribution in [1.29, 1.82) is 0 Å². The second kappa shape index (κ2) is 5.77. The van der Waals surface area contributed by atoms with E-state index in [4.69, 9.17) is 4.74 Å². The molecular formula is C16H19N5O3. The molecule has 0 amide bonds. The molecule has 8 heteroatoms. The van der Waals surface area contributed by atoms with Crippen LogP contribution in [-0.2, 0) is 22.6 Å². The Kier molecular flexibility index (Phi) is 3.59. The maximum atomic E-state index is 12.6. The third-order valence-corrected chi connectivity index (χ3v) is 4.34. The van der Waals surface area contributed by atoms with Crippen molar-refractivity contribution in [2.75, 3.05) is 25.0 Å². The molecule has 0 saturated heterocycles. The highest BCUT2D eigenvalue weighted by Gasteiger charge is 2.28. The van der Waals surface area contributed by atoms with Gasteiger partial charge in [-0.05, 0) is 13.3 Å². The van der Waals surface area contributed by atoms with Crippen molar-refractivity contribution in [2.45, 2.75) is 32.9 Å². The maximum Gasteiger partial charge on any atom is 0.294 e. The summed E-state index contributed by atoms with van der Waals surface area (Å²) in [6.45, 7) is 5.17.